The number of nitrogens with one attached hydrogen (secondary N) is 1. The number of amides is 1. The minimum Gasteiger partial charge on any atom is -0.508 e. The summed E-state index contributed by atoms with van der Waals surface area (Å²) >= 11 is 0. The van der Waals surface area contributed by atoms with Crippen LogP contribution in [0, 0.1) is 5.92 Å². The van der Waals surface area contributed by atoms with Gasteiger partial charge in [0.15, 0.2) is 0 Å². The van der Waals surface area contributed by atoms with E-state index in [0.717, 1.165) is 18.8 Å². The highest BCUT2D eigenvalue weighted by molar-refractivity contribution is 5.94. The van der Waals surface area contributed by atoms with Crippen molar-refractivity contribution < 1.29 is 9.90 Å². The lowest BCUT2D eigenvalue weighted by atomic mass is 10.1. The minimum atomic E-state index is -0.0894. The number of carbonyl (C=O) groups excluding carboxylic acids is 1. The summed E-state index contributed by atoms with van der Waals surface area (Å²) in [5, 5.41) is 12.4. The van der Waals surface area contributed by atoms with Gasteiger partial charge in [0, 0.05) is 11.6 Å². The zero-order chi connectivity index (χ0) is 12.3. The number of rotatable bonds is 5. The molecule has 17 heavy (non-hydrogen) atoms. The second-order valence-electron chi connectivity index (χ2n) is 4.81. The molecule has 3 nitrogen and oxygen atoms in total. The van der Waals surface area contributed by atoms with Crippen molar-refractivity contribution in [3.63, 3.8) is 0 Å². The third-order valence-electron chi connectivity index (χ3n) is 3.25. The molecular weight excluding hydrogens is 214 g/mol. The summed E-state index contributed by atoms with van der Waals surface area (Å²) in [5.41, 5.74) is 0.527. The fourth-order valence-corrected chi connectivity index (χ4v) is 2.00. The highest BCUT2D eigenvalue weighted by atomic mass is 16.3. The molecule has 0 aromatic heterocycles. The Morgan fingerprint density at radius 1 is 1.53 bits per heavy atom. The molecule has 1 atom stereocenters. The lowest BCUT2D eigenvalue weighted by Crippen LogP contribution is -2.34. The van der Waals surface area contributed by atoms with E-state index < -0.39 is 0 Å². The van der Waals surface area contributed by atoms with Crippen molar-refractivity contribution in [2.24, 2.45) is 5.92 Å². The molecule has 1 saturated carbocycles. The van der Waals surface area contributed by atoms with Crippen LogP contribution in [0.1, 0.15) is 43.0 Å². The fourth-order valence-electron chi connectivity index (χ4n) is 2.00. The summed E-state index contributed by atoms with van der Waals surface area (Å²) in [7, 11) is 0. The summed E-state index contributed by atoms with van der Waals surface area (Å²) < 4.78 is 0. The van der Waals surface area contributed by atoms with E-state index in [4.69, 9.17) is 0 Å². The average Bonchev–Trinajstić information content (AvgIpc) is 3.12. The highest BCUT2D eigenvalue weighted by Gasteiger charge is 2.25. The van der Waals surface area contributed by atoms with Crippen molar-refractivity contribution in [2.75, 3.05) is 0 Å². The first kappa shape index (κ1) is 12.0. The Kier molecular flexibility index (Phi) is 3.67. The first-order valence-electron chi connectivity index (χ1n) is 6.29. The summed E-state index contributed by atoms with van der Waals surface area (Å²) in [4.78, 5) is 11.9. The lowest BCUT2D eigenvalue weighted by molar-refractivity contribution is 0.0932. The molecule has 0 radical (unpaired) electrons. The normalized spacial score (nSPS) is 16.5. The van der Waals surface area contributed by atoms with Crippen LogP contribution in [0.2, 0.25) is 0 Å². The van der Waals surface area contributed by atoms with Crippen molar-refractivity contribution in [3.8, 4) is 5.75 Å². The van der Waals surface area contributed by atoms with E-state index >= 15 is 0 Å². The zero-order valence-electron chi connectivity index (χ0n) is 10.1. The van der Waals surface area contributed by atoms with E-state index in [-0.39, 0.29) is 17.7 Å². The van der Waals surface area contributed by atoms with E-state index in [0.29, 0.717) is 5.56 Å². The zero-order valence-corrected chi connectivity index (χ0v) is 10.1. The van der Waals surface area contributed by atoms with Gasteiger partial charge >= 0.3 is 0 Å². The van der Waals surface area contributed by atoms with Crippen molar-refractivity contribution in [2.45, 2.75) is 38.6 Å². The van der Waals surface area contributed by atoms with Gasteiger partial charge in [-0.15, -0.1) is 0 Å². The van der Waals surface area contributed by atoms with Crippen LogP contribution in [0.15, 0.2) is 24.3 Å². The van der Waals surface area contributed by atoms with Crippen LogP contribution in [0.3, 0.4) is 0 Å². The number of phenols is 1. The van der Waals surface area contributed by atoms with E-state index in [1.54, 1.807) is 18.2 Å². The first-order valence-corrected chi connectivity index (χ1v) is 6.29. The molecular formula is C14H19NO2. The predicted octanol–water partition coefficient (Wildman–Crippen LogP) is 2.70. The predicted molar refractivity (Wildman–Crippen MR) is 67.0 cm³/mol. The Morgan fingerprint density at radius 2 is 2.29 bits per heavy atom. The quantitative estimate of drug-likeness (QED) is 0.821. The Labute approximate surface area is 102 Å². The fraction of sp³-hybridized carbons (Fsp3) is 0.500. The van der Waals surface area contributed by atoms with Gasteiger partial charge < -0.3 is 10.4 Å². The van der Waals surface area contributed by atoms with Crippen LogP contribution < -0.4 is 5.32 Å². The molecule has 0 heterocycles. The molecule has 2 N–H and O–H groups in total. The summed E-state index contributed by atoms with van der Waals surface area (Å²) in [6.07, 6.45) is 4.65. The van der Waals surface area contributed by atoms with Crippen molar-refractivity contribution in [1.29, 1.82) is 0 Å². The molecule has 1 aliphatic rings. The molecule has 0 bridgehead atoms. The maximum Gasteiger partial charge on any atom is 0.251 e. The summed E-state index contributed by atoms with van der Waals surface area (Å²) in [6, 6.07) is 6.74. The molecule has 3 heteroatoms. The smallest absolute Gasteiger partial charge is 0.251 e. The average molecular weight is 233 g/mol. The maximum atomic E-state index is 11.9. The monoisotopic (exact) mass is 233 g/mol. The molecule has 1 aliphatic carbocycles. The maximum absolute atomic E-state index is 11.9. The third-order valence-corrected chi connectivity index (χ3v) is 3.25. The van der Waals surface area contributed by atoms with Gasteiger partial charge in [0.2, 0.25) is 0 Å². The van der Waals surface area contributed by atoms with Crippen molar-refractivity contribution >= 4 is 5.91 Å². The van der Waals surface area contributed by atoms with Crippen LogP contribution >= 0.6 is 0 Å². The molecule has 0 saturated heterocycles. The molecule has 0 spiro atoms. The van der Waals surface area contributed by atoms with E-state index in [1.807, 2.05) is 0 Å². The van der Waals surface area contributed by atoms with Gasteiger partial charge in [0.1, 0.15) is 5.75 Å². The highest BCUT2D eigenvalue weighted by Crippen LogP contribution is 2.34. The van der Waals surface area contributed by atoms with Gasteiger partial charge in [-0.3, -0.25) is 4.79 Å². The van der Waals surface area contributed by atoms with Gasteiger partial charge in [0.05, 0.1) is 0 Å². The molecule has 92 valence electrons. The topological polar surface area (TPSA) is 49.3 Å². The van der Waals surface area contributed by atoms with Crippen LogP contribution in [0.25, 0.3) is 0 Å². The van der Waals surface area contributed by atoms with Gasteiger partial charge in [-0.25, -0.2) is 0 Å². The van der Waals surface area contributed by atoms with E-state index in [9.17, 15) is 9.90 Å². The van der Waals surface area contributed by atoms with Crippen LogP contribution in [-0.4, -0.2) is 17.1 Å². The van der Waals surface area contributed by atoms with Gasteiger partial charge in [-0.05, 0) is 37.0 Å². The number of aromatic hydroxyl groups is 1. The number of carbonyl (C=O) groups is 1. The Morgan fingerprint density at radius 3 is 2.88 bits per heavy atom. The molecule has 1 amide bonds. The number of hydrogen-bond acceptors (Lipinski definition) is 2. The Hall–Kier alpha value is -1.51. The Balaban J connectivity index is 1.94. The van der Waals surface area contributed by atoms with Crippen LogP contribution in [0.5, 0.6) is 5.75 Å². The second kappa shape index (κ2) is 5.21. The van der Waals surface area contributed by atoms with Gasteiger partial charge in [0.25, 0.3) is 5.91 Å². The molecule has 1 unspecified atom stereocenters. The van der Waals surface area contributed by atoms with Crippen molar-refractivity contribution in [3.05, 3.63) is 29.8 Å². The molecule has 2 rings (SSSR count). The minimum absolute atomic E-state index is 0.0894. The number of hydrogen-bond donors (Lipinski definition) is 2. The summed E-state index contributed by atoms with van der Waals surface area (Å²) in [6.45, 7) is 2.09. The second-order valence-corrected chi connectivity index (χ2v) is 4.81. The molecule has 1 aromatic rings. The van der Waals surface area contributed by atoms with Crippen molar-refractivity contribution in [1.82, 2.24) is 5.32 Å². The summed E-state index contributed by atoms with van der Waals surface area (Å²) in [5.74, 6) is 0.853. The molecule has 1 fully saturated rings. The lowest BCUT2D eigenvalue weighted by Gasteiger charge is -2.16. The van der Waals surface area contributed by atoms with Gasteiger partial charge in [-0.2, -0.15) is 0 Å². The molecule has 1 aromatic carbocycles. The number of benzene rings is 1. The third kappa shape index (κ3) is 3.48. The van der Waals surface area contributed by atoms with E-state index in [1.165, 1.54) is 18.9 Å². The molecule has 0 aliphatic heterocycles. The Bertz CT molecular complexity index is 399. The first-order chi connectivity index (χ1) is 8.19. The van der Waals surface area contributed by atoms with Crippen LogP contribution in [-0.2, 0) is 0 Å². The van der Waals surface area contributed by atoms with Gasteiger partial charge in [-0.1, -0.05) is 25.8 Å². The van der Waals surface area contributed by atoms with E-state index in [2.05, 4.69) is 12.2 Å². The number of phenolic OH excluding ortho intramolecular Hbond substituents is 1. The standard InChI is InChI=1S/C14H19NO2/c1-2-12(8-10-6-7-10)15-14(17)11-4-3-5-13(16)9-11/h3-5,9-10,12,16H,2,6-8H2,1H3,(H,15,17). The largest absolute Gasteiger partial charge is 0.508 e. The van der Waals surface area contributed by atoms with Crippen LogP contribution in [0.4, 0.5) is 0 Å². The SMILES string of the molecule is CCC(CC1CC1)NC(=O)c1cccc(O)c1.